The van der Waals surface area contributed by atoms with Gasteiger partial charge in [0.15, 0.2) is 5.78 Å². The average Bonchev–Trinajstić information content (AvgIpc) is 2.56. The van der Waals surface area contributed by atoms with Gasteiger partial charge in [-0.3, -0.25) is 14.4 Å². The molecule has 0 aliphatic heterocycles. The molecular formula is C18H16ClNO4. The zero-order chi connectivity index (χ0) is 17.5. The Labute approximate surface area is 144 Å². The molecule has 0 fully saturated rings. The minimum atomic E-state index is -0.950. The SMILES string of the molecule is O=C(O)CCCC(=O)Nc1ccc(Cl)cc1C(=O)c1ccccc1. The number of carboxylic acid groups (broad SMARTS) is 1. The zero-order valence-electron chi connectivity index (χ0n) is 12.8. The molecule has 2 N–H and O–H groups in total. The van der Waals surface area contributed by atoms with Crippen LogP contribution in [0.4, 0.5) is 5.69 Å². The topological polar surface area (TPSA) is 83.5 Å². The van der Waals surface area contributed by atoms with Gasteiger partial charge in [-0.2, -0.15) is 0 Å². The summed E-state index contributed by atoms with van der Waals surface area (Å²) in [4.78, 5) is 35.0. The van der Waals surface area contributed by atoms with E-state index in [0.29, 0.717) is 21.8 Å². The summed E-state index contributed by atoms with van der Waals surface area (Å²) in [6.45, 7) is 0. The summed E-state index contributed by atoms with van der Waals surface area (Å²) in [6, 6.07) is 13.3. The minimum absolute atomic E-state index is 0.0634. The minimum Gasteiger partial charge on any atom is -0.481 e. The number of aliphatic carboxylic acids is 1. The third-order valence-electron chi connectivity index (χ3n) is 3.33. The van der Waals surface area contributed by atoms with Gasteiger partial charge in [-0.05, 0) is 24.6 Å². The van der Waals surface area contributed by atoms with Crippen molar-refractivity contribution in [1.82, 2.24) is 0 Å². The molecule has 2 aromatic carbocycles. The summed E-state index contributed by atoms with van der Waals surface area (Å²) in [6.07, 6.45) is 0.217. The highest BCUT2D eigenvalue weighted by Crippen LogP contribution is 2.24. The lowest BCUT2D eigenvalue weighted by molar-refractivity contribution is -0.137. The van der Waals surface area contributed by atoms with Crippen LogP contribution < -0.4 is 5.32 Å². The van der Waals surface area contributed by atoms with E-state index in [-0.39, 0.29) is 31.0 Å². The highest BCUT2D eigenvalue weighted by Gasteiger charge is 2.16. The van der Waals surface area contributed by atoms with Crippen molar-refractivity contribution in [2.45, 2.75) is 19.3 Å². The van der Waals surface area contributed by atoms with Gasteiger partial charge < -0.3 is 10.4 Å². The fraction of sp³-hybridized carbons (Fsp3) is 0.167. The summed E-state index contributed by atoms with van der Waals surface area (Å²) < 4.78 is 0. The number of benzene rings is 2. The Morgan fingerprint density at radius 2 is 1.71 bits per heavy atom. The lowest BCUT2D eigenvalue weighted by Gasteiger charge is -2.11. The maximum Gasteiger partial charge on any atom is 0.303 e. The number of amides is 1. The largest absolute Gasteiger partial charge is 0.481 e. The van der Waals surface area contributed by atoms with Gasteiger partial charge in [0, 0.05) is 29.0 Å². The van der Waals surface area contributed by atoms with Crippen molar-refractivity contribution in [2.24, 2.45) is 0 Å². The number of rotatable bonds is 7. The molecule has 24 heavy (non-hydrogen) atoms. The van der Waals surface area contributed by atoms with E-state index in [4.69, 9.17) is 16.7 Å². The molecule has 0 aliphatic carbocycles. The number of hydrogen-bond donors (Lipinski definition) is 2. The monoisotopic (exact) mass is 345 g/mol. The van der Waals surface area contributed by atoms with E-state index in [0.717, 1.165) is 0 Å². The van der Waals surface area contributed by atoms with E-state index >= 15 is 0 Å². The highest BCUT2D eigenvalue weighted by molar-refractivity contribution is 6.31. The predicted octanol–water partition coefficient (Wildman–Crippen LogP) is 3.76. The van der Waals surface area contributed by atoms with Crippen LogP contribution in [0.3, 0.4) is 0 Å². The van der Waals surface area contributed by atoms with Crippen LogP contribution >= 0.6 is 11.6 Å². The molecule has 0 heterocycles. The van der Waals surface area contributed by atoms with E-state index in [1.165, 1.54) is 6.07 Å². The maximum atomic E-state index is 12.6. The lowest BCUT2D eigenvalue weighted by Crippen LogP contribution is -2.15. The smallest absolute Gasteiger partial charge is 0.303 e. The number of nitrogens with one attached hydrogen (secondary N) is 1. The molecule has 2 aromatic rings. The molecule has 0 unspecified atom stereocenters. The number of ketones is 1. The summed E-state index contributed by atoms with van der Waals surface area (Å²) in [7, 11) is 0. The summed E-state index contributed by atoms with van der Waals surface area (Å²) >= 11 is 5.97. The fourth-order valence-electron chi connectivity index (χ4n) is 2.17. The van der Waals surface area contributed by atoms with Gasteiger partial charge in [-0.15, -0.1) is 0 Å². The Morgan fingerprint density at radius 1 is 1.00 bits per heavy atom. The van der Waals surface area contributed by atoms with E-state index in [1.54, 1.807) is 42.5 Å². The van der Waals surface area contributed by atoms with Gasteiger partial charge in [0.25, 0.3) is 0 Å². The predicted molar refractivity (Wildman–Crippen MR) is 91.4 cm³/mol. The number of anilines is 1. The second kappa shape index (κ2) is 8.26. The first kappa shape index (κ1) is 17.7. The zero-order valence-corrected chi connectivity index (χ0v) is 13.5. The van der Waals surface area contributed by atoms with Gasteiger partial charge in [0.1, 0.15) is 0 Å². The van der Waals surface area contributed by atoms with Gasteiger partial charge in [-0.1, -0.05) is 41.9 Å². The number of carbonyl (C=O) groups excluding carboxylic acids is 2. The van der Waals surface area contributed by atoms with Crippen LogP contribution in [0.1, 0.15) is 35.2 Å². The maximum absolute atomic E-state index is 12.6. The first-order valence-electron chi connectivity index (χ1n) is 7.38. The summed E-state index contributed by atoms with van der Waals surface area (Å²) in [5.41, 5.74) is 1.13. The fourth-order valence-corrected chi connectivity index (χ4v) is 2.34. The van der Waals surface area contributed by atoms with Gasteiger partial charge in [0.2, 0.25) is 5.91 Å². The van der Waals surface area contributed by atoms with Crippen LogP contribution in [-0.2, 0) is 9.59 Å². The van der Waals surface area contributed by atoms with Crippen molar-refractivity contribution in [1.29, 1.82) is 0 Å². The van der Waals surface area contributed by atoms with Crippen molar-refractivity contribution in [3.63, 3.8) is 0 Å². The molecular weight excluding hydrogens is 330 g/mol. The molecule has 0 radical (unpaired) electrons. The van der Waals surface area contributed by atoms with Crippen LogP contribution in [0.5, 0.6) is 0 Å². The van der Waals surface area contributed by atoms with Crippen molar-refractivity contribution < 1.29 is 19.5 Å². The molecule has 5 nitrogen and oxygen atoms in total. The third kappa shape index (κ3) is 4.93. The van der Waals surface area contributed by atoms with E-state index in [9.17, 15) is 14.4 Å². The Morgan fingerprint density at radius 3 is 2.38 bits per heavy atom. The average molecular weight is 346 g/mol. The Balaban J connectivity index is 2.17. The van der Waals surface area contributed by atoms with Crippen molar-refractivity contribution >= 4 is 34.9 Å². The number of halogens is 1. The van der Waals surface area contributed by atoms with Gasteiger partial charge in [0.05, 0.1) is 5.69 Å². The first-order chi connectivity index (χ1) is 11.5. The Hall–Kier alpha value is -2.66. The molecule has 2 rings (SSSR count). The van der Waals surface area contributed by atoms with Crippen LogP contribution in [-0.4, -0.2) is 22.8 Å². The second-order valence-electron chi connectivity index (χ2n) is 5.18. The van der Waals surface area contributed by atoms with Crippen molar-refractivity contribution in [3.05, 3.63) is 64.7 Å². The van der Waals surface area contributed by atoms with E-state index < -0.39 is 5.97 Å². The molecule has 0 spiro atoms. The summed E-state index contributed by atoms with van der Waals surface area (Å²) in [5.74, 6) is -1.55. The number of hydrogen-bond acceptors (Lipinski definition) is 3. The van der Waals surface area contributed by atoms with Crippen LogP contribution in [0, 0.1) is 0 Å². The van der Waals surface area contributed by atoms with E-state index in [2.05, 4.69) is 5.32 Å². The molecule has 0 saturated carbocycles. The molecule has 0 aromatic heterocycles. The normalized spacial score (nSPS) is 10.2. The number of carboxylic acids is 1. The Bertz CT molecular complexity index is 759. The molecule has 0 saturated heterocycles. The van der Waals surface area contributed by atoms with Crippen molar-refractivity contribution in [3.8, 4) is 0 Å². The highest BCUT2D eigenvalue weighted by atomic mass is 35.5. The van der Waals surface area contributed by atoms with Crippen molar-refractivity contribution in [2.75, 3.05) is 5.32 Å². The van der Waals surface area contributed by atoms with Crippen LogP contribution in [0.2, 0.25) is 5.02 Å². The van der Waals surface area contributed by atoms with Gasteiger partial charge in [-0.25, -0.2) is 0 Å². The Kier molecular flexibility index (Phi) is 6.09. The lowest BCUT2D eigenvalue weighted by atomic mass is 10.0. The quantitative estimate of drug-likeness (QED) is 0.748. The molecule has 124 valence electrons. The standard InChI is InChI=1S/C18H16ClNO4/c19-13-9-10-15(20-16(21)7-4-8-17(22)23)14(11-13)18(24)12-5-2-1-3-6-12/h1-3,5-6,9-11H,4,7-8H2,(H,20,21)(H,22,23). The molecule has 0 aliphatic rings. The summed E-state index contributed by atoms with van der Waals surface area (Å²) in [5, 5.41) is 11.6. The number of carbonyl (C=O) groups is 3. The first-order valence-corrected chi connectivity index (χ1v) is 7.76. The van der Waals surface area contributed by atoms with E-state index in [1.807, 2.05) is 0 Å². The van der Waals surface area contributed by atoms with Gasteiger partial charge >= 0.3 is 5.97 Å². The molecule has 0 bridgehead atoms. The molecule has 0 atom stereocenters. The van der Waals surface area contributed by atoms with Crippen LogP contribution in [0.15, 0.2) is 48.5 Å². The molecule has 1 amide bonds. The third-order valence-corrected chi connectivity index (χ3v) is 3.57. The second-order valence-corrected chi connectivity index (χ2v) is 5.62. The van der Waals surface area contributed by atoms with Crippen LogP contribution in [0.25, 0.3) is 0 Å². The molecule has 6 heteroatoms.